The van der Waals surface area contributed by atoms with Gasteiger partial charge in [-0.05, 0) is 50.2 Å². The second kappa shape index (κ2) is 9.60. The number of piperazine rings is 1. The van der Waals surface area contributed by atoms with E-state index in [2.05, 4.69) is 51.5 Å². The molecule has 1 amide bonds. The van der Waals surface area contributed by atoms with E-state index in [9.17, 15) is 4.79 Å². The molecule has 2 aliphatic heterocycles. The lowest BCUT2D eigenvalue weighted by Crippen LogP contribution is -2.47. The minimum absolute atomic E-state index is 0.0922. The average molecular weight is 396 g/mol. The number of benzene rings is 1. The van der Waals surface area contributed by atoms with Crippen LogP contribution in [0.1, 0.15) is 32.1 Å². The highest BCUT2D eigenvalue weighted by molar-refractivity contribution is 5.79. The number of hydrogen-bond donors (Lipinski definition) is 1. The molecule has 1 aromatic rings. The zero-order chi connectivity index (χ0) is 20.1. The van der Waals surface area contributed by atoms with Gasteiger partial charge in [0.2, 0.25) is 5.91 Å². The molecule has 1 N–H and O–H groups in total. The molecule has 29 heavy (non-hydrogen) atoms. The summed E-state index contributed by atoms with van der Waals surface area (Å²) < 4.78 is 0. The van der Waals surface area contributed by atoms with Crippen LogP contribution in [0.5, 0.6) is 0 Å². The number of rotatable bonds is 6. The number of anilines is 1. The van der Waals surface area contributed by atoms with Crippen molar-refractivity contribution in [2.24, 2.45) is 5.92 Å². The molecule has 0 radical (unpaired) electrons. The van der Waals surface area contributed by atoms with Gasteiger partial charge in [-0.25, -0.2) is 0 Å². The van der Waals surface area contributed by atoms with E-state index >= 15 is 0 Å². The number of hydrogen-bond acceptors (Lipinski definition) is 5. The Kier molecular flexibility index (Phi) is 6.68. The van der Waals surface area contributed by atoms with Crippen LogP contribution in [0.4, 0.5) is 5.69 Å². The monoisotopic (exact) mass is 395 g/mol. The van der Waals surface area contributed by atoms with Crippen LogP contribution in [0.15, 0.2) is 30.3 Å². The van der Waals surface area contributed by atoms with Gasteiger partial charge in [0, 0.05) is 51.0 Å². The highest BCUT2D eigenvalue weighted by Gasteiger charge is 2.31. The fourth-order valence-corrected chi connectivity index (χ4v) is 5.15. The fourth-order valence-electron chi connectivity index (χ4n) is 5.15. The minimum atomic E-state index is -0.213. The van der Waals surface area contributed by atoms with Crippen molar-refractivity contribution in [3.8, 4) is 6.07 Å². The molecule has 0 aromatic heterocycles. The highest BCUT2D eigenvalue weighted by atomic mass is 16.2. The lowest BCUT2D eigenvalue weighted by Gasteiger charge is -2.37. The summed E-state index contributed by atoms with van der Waals surface area (Å²) in [5.74, 6) is 0.819. The molecule has 3 aliphatic rings. The summed E-state index contributed by atoms with van der Waals surface area (Å²) in [5.41, 5.74) is 1.33. The number of nitriles is 1. The normalized spacial score (nSPS) is 27.9. The molecular formula is C23H33N5O. The van der Waals surface area contributed by atoms with Crippen LogP contribution in [0.25, 0.3) is 0 Å². The van der Waals surface area contributed by atoms with Crippen LogP contribution in [0.3, 0.4) is 0 Å². The predicted octanol–water partition coefficient (Wildman–Crippen LogP) is 2.08. The van der Waals surface area contributed by atoms with E-state index in [-0.39, 0.29) is 11.9 Å². The Bertz CT molecular complexity index is 710. The van der Waals surface area contributed by atoms with Crippen molar-refractivity contribution >= 4 is 11.6 Å². The van der Waals surface area contributed by atoms with Gasteiger partial charge in [0.25, 0.3) is 0 Å². The van der Waals surface area contributed by atoms with E-state index < -0.39 is 0 Å². The first-order valence-corrected chi connectivity index (χ1v) is 11.2. The second-order valence-electron chi connectivity index (χ2n) is 8.75. The molecule has 1 aromatic carbocycles. The van der Waals surface area contributed by atoms with Crippen molar-refractivity contribution in [3.63, 3.8) is 0 Å². The maximum Gasteiger partial charge on any atom is 0.237 e. The summed E-state index contributed by atoms with van der Waals surface area (Å²) in [7, 11) is 0. The Morgan fingerprint density at radius 1 is 1.07 bits per heavy atom. The molecule has 2 heterocycles. The zero-order valence-electron chi connectivity index (χ0n) is 17.3. The van der Waals surface area contributed by atoms with Crippen molar-refractivity contribution in [1.29, 1.82) is 5.26 Å². The molecule has 3 fully saturated rings. The van der Waals surface area contributed by atoms with Gasteiger partial charge in [0.1, 0.15) is 6.04 Å². The molecule has 4 rings (SSSR count). The Labute approximate surface area is 174 Å². The zero-order valence-corrected chi connectivity index (χ0v) is 17.3. The third-order valence-corrected chi connectivity index (χ3v) is 6.82. The summed E-state index contributed by atoms with van der Waals surface area (Å²) in [4.78, 5) is 19.3. The maximum absolute atomic E-state index is 12.4. The Morgan fingerprint density at radius 2 is 1.86 bits per heavy atom. The average Bonchev–Trinajstić information content (AvgIpc) is 3.42. The van der Waals surface area contributed by atoms with E-state index in [0.29, 0.717) is 12.6 Å². The third kappa shape index (κ3) is 5.09. The van der Waals surface area contributed by atoms with Crippen molar-refractivity contribution in [1.82, 2.24) is 15.1 Å². The molecule has 0 unspecified atom stereocenters. The van der Waals surface area contributed by atoms with Crippen LogP contribution in [0, 0.1) is 17.2 Å². The van der Waals surface area contributed by atoms with Crippen molar-refractivity contribution in [3.05, 3.63) is 30.3 Å². The summed E-state index contributed by atoms with van der Waals surface area (Å²) in [6.45, 7) is 6.76. The van der Waals surface area contributed by atoms with Crippen LogP contribution < -0.4 is 10.2 Å². The van der Waals surface area contributed by atoms with E-state index in [1.807, 2.05) is 0 Å². The maximum atomic E-state index is 12.4. The minimum Gasteiger partial charge on any atom is -0.369 e. The predicted molar refractivity (Wildman–Crippen MR) is 115 cm³/mol. The summed E-state index contributed by atoms with van der Waals surface area (Å²) in [5, 5.41) is 12.6. The second-order valence-corrected chi connectivity index (χ2v) is 8.75. The number of carbonyl (C=O) groups is 1. The van der Waals surface area contributed by atoms with Gasteiger partial charge in [0.15, 0.2) is 0 Å². The largest absolute Gasteiger partial charge is 0.369 e. The smallest absolute Gasteiger partial charge is 0.237 e. The summed E-state index contributed by atoms with van der Waals surface area (Å²) in [6, 6.07) is 13.2. The summed E-state index contributed by atoms with van der Waals surface area (Å²) >= 11 is 0. The number of nitrogens with one attached hydrogen (secondary N) is 1. The van der Waals surface area contributed by atoms with Gasteiger partial charge in [-0.3, -0.25) is 9.69 Å². The van der Waals surface area contributed by atoms with Gasteiger partial charge >= 0.3 is 0 Å². The number of nitrogens with zero attached hydrogens (tertiary/aromatic N) is 4. The lowest BCUT2D eigenvalue weighted by atomic mass is 10.1. The molecule has 1 saturated carbocycles. The lowest BCUT2D eigenvalue weighted by molar-refractivity contribution is -0.130. The van der Waals surface area contributed by atoms with Crippen molar-refractivity contribution < 1.29 is 4.79 Å². The van der Waals surface area contributed by atoms with Gasteiger partial charge < -0.3 is 15.1 Å². The van der Waals surface area contributed by atoms with Crippen LogP contribution in [-0.4, -0.2) is 73.6 Å². The van der Waals surface area contributed by atoms with E-state index in [4.69, 9.17) is 5.26 Å². The first kappa shape index (κ1) is 20.2. The first-order chi connectivity index (χ1) is 14.2. The molecule has 1 aliphatic carbocycles. The van der Waals surface area contributed by atoms with E-state index in [1.165, 1.54) is 18.7 Å². The third-order valence-electron chi connectivity index (χ3n) is 6.82. The molecule has 3 atom stereocenters. The molecule has 2 saturated heterocycles. The Hall–Kier alpha value is -2.10. The highest BCUT2D eigenvalue weighted by Crippen LogP contribution is 2.27. The van der Waals surface area contributed by atoms with Gasteiger partial charge in [-0.2, -0.15) is 5.26 Å². The SMILES string of the molecule is N#C[C@@H]1CCCN1C(=O)CN[C@@H]1CC[C@H](CN2CCN(c3ccccc3)CC2)C1. The number of likely N-dealkylation sites (tertiary alicyclic amines) is 1. The molecule has 6 nitrogen and oxygen atoms in total. The van der Waals surface area contributed by atoms with Crippen molar-refractivity contribution in [2.45, 2.75) is 44.2 Å². The molecular weight excluding hydrogens is 362 g/mol. The van der Waals surface area contributed by atoms with Gasteiger partial charge in [0.05, 0.1) is 12.6 Å². The van der Waals surface area contributed by atoms with Gasteiger partial charge in [-0.15, -0.1) is 0 Å². The van der Waals surface area contributed by atoms with Crippen LogP contribution in [0.2, 0.25) is 0 Å². The molecule has 6 heteroatoms. The number of carbonyl (C=O) groups excluding carboxylic acids is 1. The molecule has 0 bridgehead atoms. The molecule has 0 spiro atoms. The van der Waals surface area contributed by atoms with Crippen LogP contribution >= 0.6 is 0 Å². The summed E-state index contributed by atoms with van der Waals surface area (Å²) in [6.07, 6.45) is 5.34. The fraction of sp³-hybridized carbons (Fsp3) is 0.652. The number of amides is 1. The quantitative estimate of drug-likeness (QED) is 0.799. The number of para-hydroxylation sites is 1. The van der Waals surface area contributed by atoms with E-state index in [1.54, 1.807) is 4.90 Å². The van der Waals surface area contributed by atoms with Crippen molar-refractivity contribution in [2.75, 3.05) is 50.7 Å². The molecule has 156 valence electrons. The standard InChI is InChI=1S/C23H33N5O/c24-16-22-7-4-10-28(22)23(29)17-25-20-9-8-19(15-20)18-26-11-13-27(14-12-26)21-5-2-1-3-6-21/h1-3,5-6,19-20,22,25H,4,7-15,17-18H2/t19-,20+,22-/m0/s1. The Balaban J connectivity index is 1.15. The topological polar surface area (TPSA) is 62.6 Å². The van der Waals surface area contributed by atoms with Gasteiger partial charge in [-0.1, -0.05) is 18.2 Å². The first-order valence-electron chi connectivity index (χ1n) is 11.2. The Morgan fingerprint density at radius 3 is 2.62 bits per heavy atom. The van der Waals surface area contributed by atoms with E-state index in [0.717, 1.165) is 64.3 Å². The van der Waals surface area contributed by atoms with Crippen LogP contribution in [-0.2, 0) is 4.79 Å².